The largest absolute Gasteiger partial charge is 0.466 e. The van der Waals surface area contributed by atoms with Crippen molar-refractivity contribution in [2.75, 3.05) is 57.8 Å². The summed E-state index contributed by atoms with van der Waals surface area (Å²) in [5.74, 6) is 1.31. The van der Waals surface area contributed by atoms with Gasteiger partial charge in [-0.1, -0.05) is 0 Å². The van der Waals surface area contributed by atoms with Crippen LogP contribution in [0, 0.1) is 0 Å². The molecule has 0 spiro atoms. The van der Waals surface area contributed by atoms with Gasteiger partial charge in [0.1, 0.15) is 11.5 Å². The Labute approximate surface area is 275 Å². The van der Waals surface area contributed by atoms with E-state index in [0.717, 1.165) is 16.4 Å². The first-order valence-electron chi connectivity index (χ1n) is 15.5. The third kappa shape index (κ3) is 6.19. The SMILES string of the molecule is COC(=O)C1=C(CN2CCN3C(=O)N(c4ccc(Oc5ccc(C(=O)N6CC(O)C6)cc5)cc4)C[C@@H]3C2)NC(c2nccs2)=N[C@H]1C. The first-order chi connectivity index (χ1) is 22.8. The number of hydrogen-bond donors (Lipinski definition) is 2. The number of thiazole rings is 1. The number of fused-ring (bicyclic) bond motifs is 1. The molecule has 4 aliphatic heterocycles. The predicted molar refractivity (Wildman–Crippen MR) is 175 cm³/mol. The summed E-state index contributed by atoms with van der Waals surface area (Å²) in [6.45, 7) is 5.50. The van der Waals surface area contributed by atoms with Gasteiger partial charge in [0.25, 0.3) is 5.91 Å². The number of nitrogens with one attached hydrogen (secondary N) is 1. The Balaban J connectivity index is 0.980. The second-order valence-electron chi connectivity index (χ2n) is 12.0. The van der Waals surface area contributed by atoms with E-state index >= 15 is 0 Å². The van der Waals surface area contributed by atoms with Crippen molar-refractivity contribution in [1.82, 2.24) is 25.0 Å². The Bertz CT molecular complexity index is 1720. The number of carbonyl (C=O) groups excluding carboxylic acids is 3. The lowest BCUT2D eigenvalue weighted by Crippen LogP contribution is -2.53. The van der Waals surface area contributed by atoms with E-state index < -0.39 is 12.1 Å². The number of ether oxygens (including phenoxy) is 2. The summed E-state index contributed by atoms with van der Waals surface area (Å²) in [5.41, 5.74) is 2.57. The van der Waals surface area contributed by atoms with Crippen molar-refractivity contribution >= 4 is 40.8 Å². The summed E-state index contributed by atoms with van der Waals surface area (Å²) in [6, 6.07) is 13.9. The number of carbonyl (C=O) groups is 3. The first-order valence-corrected chi connectivity index (χ1v) is 16.4. The molecule has 0 radical (unpaired) electrons. The maximum Gasteiger partial charge on any atom is 0.337 e. The lowest BCUT2D eigenvalue weighted by atomic mass is 10.0. The van der Waals surface area contributed by atoms with E-state index in [9.17, 15) is 19.5 Å². The highest BCUT2D eigenvalue weighted by Crippen LogP contribution is 2.30. The minimum Gasteiger partial charge on any atom is -0.466 e. The number of benzene rings is 2. The molecule has 14 heteroatoms. The fourth-order valence-corrected chi connectivity index (χ4v) is 6.97. The number of likely N-dealkylation sites (tertiary alicyclic amines) is 1. The molecule has 5 heterocycles. The number of methoxy groups -OCH3 is 1. The number of amides is 3. The smallest absolute Gasteiger partial charge is 0.337 e. The topological polar surface area (TPSA) is 140 Å². The van der Waals surface area contributed by atoms with E-state index in [1.165, 1.54) is 18.4 Å². The lowest BCUT2D eigenvalue weighted by Gasteiger charge is -2.37. The van der Waals surface area contributed by atoms with Gasteiger partial charge in [0.15, 0.2) is 10.8 Å². The molecule has 3 aromatic rings. The number of esters is 1. The number of piperazine rings is 1. The van der Waals surface area contributed by atoms with Crippen LogP contribution in [0.5, 0.6) is 11.5 Å². The minimum atomic E-state index is -0.440. The maximum atomic E-state index is 13.4. The van der Waals surface area contributed by atoms with Gasteiger partial charge in [-0.2, -0.15) is 0 Å². The molecule has 4 aliphatic rings. The van der Waals surface area contributed by atoms with Gasteiger partial charge < -0.3 is 29.7 Å². The molecule has 3 saturated heterocycles. The van der Waals surface area contributed by atoms with Crippen LogP contribution in [0.4, 0.5) is 10.5 Å². The Morgan fingerprint density at radius 1 is 1.02 bits per heavy atom. The van der Waals surface area contributed by atoms with Gasteiger partial charge in [-0.05, 0) is 55.5 Å². The average molecular weight is 658 g/mol. The number of aliphatic hydroxyl groups excluding tert-OH is 1. The molecule has 0 saturated carbocycles. The summed E-state index contributed by atoms with van der Waals surface area (Å²) < 4.78 is 11.1. The van der Waals surface area contributed by atoms with Gasteiger partial charge in [0.2, 0.25) is 0 Å². The minimum absolute atomic E-state index is 0.0109. The van der Waals surface area contributed by atoms with Gasteiger partial charge in [-0.3, -0.25) is 19.6 Å². The third-order valence-corrected chi connectivity index (χ3v) is 9.61. The Morgan fingerprint density at radius 3 is 2.40 bits per heavy atom. The number of nitrogens with zero attached hydrogens (tertiary/aromatic N) is 6. The van der Waals surface area contributed by atoms with E-state index in [4.69, 9.17) is 9.47 Å². The van der Waals surface area contributed by atoms with Gasteiger partial charge in [0.05, 0.1) is 30.9 Å². The molecule has 13 nitrogen and oxygen atoms in total. The quantitative estimate of drug-likeness (QED) is 0.350. The van der Waals surface area contributed by atoms with Gasteiger partial charge in [0, 0.05) is 74.3 Å². The number of aliphatic hydroxyl groups is 1. The number of rotatable bonds is 8. The second kappa shape index (κ2) is 12.8. The van der Waals surface area contributed by atoms with Crippen LogP contribution < -0.4 is 15.0 Å². The van der Waals surface area contributed by atoms with Gasteiger partial charge >= 0.3 is 12.0 Å². The fraction of sp³-hybridized carbons (Fsp3) is 0.364. The Kier molecular flexibility index (Phi) is 8.39. The van der Waals surface area contributed by atoms with Crippen molar-refractivity contribution in [2.24, 2.45) is 4.99 Å². The highest BCUT2D eigenvalue weighted by Gasteiger charge is 2.42. The van der Waals surface area contributed by atoms with Crippen LogP contribution in [0.2, 0.25) is 0 Å². The van der Waals surface area contributed by atoms with Gasteiger partial charge in [-0.15, -0.1) is 11.3 Å². The molecule has 3 amide bonds. The molecule has 7 rings (SSSR count). The van der Waals surface area contributed by atoms with E-state index in [2.05, 4.69) is 20.2 Å². The fourth-order valence-electron chi connectivity index (χ4n) is 6.38. The zero-order valence-corrected chi connectivity index (χ0v) is 26.9. The van der Waals surface area contributed by atoms with Crippen molar-refractivity contribution in [2.45, 2.75) is 25.1 Å². The molecule has 1 aromatic heterocycles. The van der Waals surface area contributed by atoms with Crippen LogP contribution in [-0.4, -0.2) is 120 Å². The molecule has 0 bridgehead atoms. The first kappa shape index (κ1) is 30.8. The summed E-state index contributed by atoms with van der Waals surface area (Å²) in [5, 5.41) is 15.4. The number of aromatic nitrogens is 1. The van der Waals surface area contributed by atoms with Crippen LogP contribution in [-0.2, 0) is 9.53 Å². The molecule has 3 fully saturated rings. The summed E-state index contributed by atoms with van der Waals surface area (Å²) in [4.78, 5) is 55.2. The molecular formula is C33H35N7O6S. The van der Waals surface area contributed by atoms with Crippen molar-refractivity contribution in [3.63, 3.8) is 0 Å². The molecule has 47 heavy (non-hydrogen) atoms. The highest BCUT2D eigenvalue weighted by atomic mass is 32.1. The second-order valence-corrected chi connectivity index (χ2v) is 12.9. The van der Waals surface area contributed by atoms with Crippen LogP contribution in [0.25, 0.3) is 0 Å². The summed E-state index contributed by atoms with van der Waals surface area (Å²) >= 11 is 1.48. The van der Waals surface area contributed by atoms with E-state index in [1.807, 2.05) is 41.5 Å². The number of hydrogen-bond acceptors (Lipinski definition) is 11. The Morgan fingerprint density at radius 2 is 1.74 bits per heavy atom. The molecule has 2 atom stereocenters. The number of urea groups is 1. The predicted octanol–water partition coefficient (Wildman–Crippen LogP) is 2.54. The molecule has 244 valence electrons. The van der Waals surface area contributed by atoms with Crippen LogP contribution in [0.3, 0.4) is 0 Å². The number of amidine groups is 1. The average Bonchev–Trinajstić information content (AvgIpc) is 3.72. The van der Waals surface area contributed by atoms with Crippen LogP contribution in [0.1, 0.15) is 22.3 Å². The van der Waals surface area contributed by atoms with Crippen LogP contribution in [0.15, 0.2) is 76.4 Å². The Hall–Kier alpha value is -4.79. The number of aliphatic imine (C=N–C) groups is 1. The molecule has 2 aromatic carbocycles. The van der Waals surface area contributed by atoms with Gasteiger partial charge in [-0.25, -0.2) is 14.6 Å². The lowest BCUT2D eigenvalue weighted by molar-refractivity contribution is -0.136. The van der Waals surface area contributed by atoms with Crippen molar-refractivity contribution < 1.29 is 29.0 Å². The standard InChI is InChI=1S/C33H35N7O6S/c1-20-28(32(43)45-2)27(36-29(35-20)30-34-11-14-47-30)19-37-12-13-39-23(15-37)16-40(33(39)44)22-5-9-26(10-6-22)46-25-7-3-21(4-8-25)31(42)38-17-24(41)18-38/h3-11,14,20,23-24,41H,12-13,15-19H2,1-2H3,(H,35,36)/t20-,23-/m0/s1. The monoisotopic (exact) mass is 657 g/mol. The van der Waals surface area contributed by atoms with Crippen molar-refractivity contribution in [1.29, 1.82) is 0 Å². The molecule has 2 N–H and O–H groups in total. The van der Waals surface area contributed by atoms with E-state index in [-0.39, 0.29) is 24.0 Å². The number of β-amino-alcohol motifs (C(OH)–C–C–N with tert-alkyl or cyclic N) is 1. The third-order valence-electron chi connectivity index (χ3n) is 8.83. The molecule has 0 aliphatic carbocycles. The van der Waals surface area contributed by atoms with E-state index in [0.29, 0.717) is 74.3 Å². The zero-order chi connectivity index (χ0) is 32.7. The summed E-state index contributed by atoms with van der Waals surface area (Å²) in [6.07, 6.45) is 1.28. The molecule has 0 unspecified atom stereocenters. The number of anilines is 1. The summed E-state index contributed by atoms with van der Waals surface area (Å²) in [7, 11) is 1.37. The van der Waals surface area contributed by atoms with E-state index in [1.54, 1.807) is 40.3 Å². The van der Waals surface area contributed by atoms with Crippen molar-refractivity contribution in [3.05, 3.63) is 81.9 Å². The zero-order valence-electron chi connectivity index (χ0n) is 26.0. The normalized spacial score (nSPS) is 21.6. The van der Waals surface area contributed by atoms with Crippen molar-refractivity contribution in [3.8, 4) is 11.5 Å². The molecular weight excluding hydrogens is 622 g/mol. The van der Waals surface area contributed by atoms with Crippen LogP contribution >= 0.6 is 11.3 Å². The maximum absolute atomic E-state index is 13.4. The highest BCUT2D eigenvalue weighted by molar-refractivity contribution is 7.11.